The van der Waals surface area contributed by atoms with Gasteiger partial charge in [-0.15, -0.1) is 0 Å². The summed E-state index contributed by atoms with van der Waals surface area (Å²) in [6.07, 6.45) is 0.379. The molecule has 0 fully saturated rings. The number of aliphatic carboxylic acids is 2. The third-order valence-electron chi connectivity index (χ3n) is 4.05. The number of carboxylic acid groups (broad SMARTS) is 2. The summed E-state index contributed by atoms with van der Waals surface area (Å²) >= 11 is 0. The van der Waals surface area contributed by atoms with Crippen LogP contribution in [0.3, 0.4) is 0 Å². The van der Waals surface area contributed by atoms with Crippen molar-refractivity contribution in [3.63, 3.8) is 0 Å². The van der Waals surface area contributed by atoms with E-state index in [4.69, 9.17) is 0 Å². The third-order valence-corrected chi connectivity index (χ3v) is 5.73. The standard InChI is InChI=1S/C12H22O7S.K.H/c1-5-7(3)9(10(13)14)12(11(15)16,8(4)6-2)20(17,18)19;;/h7-9H,5-6H2,1-4H3,(H,13,14)(H,15,16)(H,17,18,19);;/q;+1;-1. The molecule has 0 bridgehead atoms. The van der Waals surface area contributed by atoms with Crippen molar-refractivity contribution in [2.45, 2.75) is 45.3 Å². The average Bonchev–Trinajstić information content (AvgIpc) is 2.31. The van der Waals surface area contributed by atoms with E-state index < -0.39 is 44.6 Å². The van der Waals surface area contributed by atoms with Crippen LogP contribution in [0.4, 0.5) is 0 Å². The van der Waals surface area contributed by atoms with Gasteiger partial charge in [0, 0.05) is 0 Å². The Kier molecular flexibility index (Phi) is 10.1. The molecule has 7 nitrogen and oxygen atoms in total. The van der Waals surface area contributed by atoms with E-state index in [1.165, 1.54) is 13.8 Å². The zero-order valence-corrected chi connectivity index (χ0v) is 17.0. The molecule has 120 valence electrons. The predicted octanol–water partition coefficient (Wildman–Crippen LogP) is -1.39. The van der Waals surface area contributed by atoms with Gasteiger partial charge < -0.3 is 11.6 Å². The van der Waals surface area contributed by atoms with E-state index in [0.717, 1.165) is 0 Å². The first-order valence-electron chi connectivity index (χ1n) is 6.41. The van der Waals surface area contributed by atoms with Crippen LogP contribution in [0.5, 0.6) is 0 Å². The van der Waals surface area contributed by atoms with Crippen molar-refractivity contribution in [1.29, 1.82) is 0 Å². The molecule has 0 aromatic rings. The molecule has 4 atom stereocenters. The summed E-state index contributed by atoms with van der Waals surface area (Å²) in [5, 5.41) is 18.8. The van der Waals surface area contributed by atoms with Crippen LogP contribution in [0.1, 0.15) is 42.0 Å². The topological polar surface area (TPSA) is 129 Å². The van der Waals surface area contributed by atoms with Crippen LogP contribution >= 0.6 is 0 Å². The minimum Gasteiger partial charge on any atom is -1.00 e. The Morgan fingerprint density at radius 3 is 1.76 bits per heavy atom. The van der Waals surface area contributed by atoms with Crippen LogP contribution < -0.4 is 51.4 Å². The van der Waals surface area contributed by atoms with Crippen molar-refractivity contribution >= 4 is 22.1 Å². The van der Waals surface area contributed by atoms with Gasteiger partial charge in [0.1, 0.15) is 0 Å². The predicted molar refractivity (Wildman–Crippen MR) is 73.1 cm³/mol. The monoisotopic (exact) mass is 350 g/mol. The van der Waals surface area contributed by atoms with E-state index in [2.05, 4.69) is 0 Å². The Labute approximate surface area is 169 Å². The molecule has 0 aliphatic carbocycles. The second-order valence-electron chi connectivity index (χ2n) is 5.08. The maximum atomic E-state index is 11.8. The van der Waals surface area contributed by atoms with Gasteiger partial charge in [-0.25, -0.2) is 0 Å². The van der Waals surface area contributed by atoms with Crippen LogP contribution in [0.15, 0.2) is 0 Å². The molecular formula is C12H23KO7S. The normalized spacial score (nSPS) is 18.7. The molecule has 0 heterocycles. The molecule has 0 saturated heterocycles. The van der Waals surface area contributed by atoms with E-state index in [1.807, 2.05) is 0 Å². The van der Waals surface area contributed by atoms with Gasteiger partial charge in [-0.3, -0.25) is 14.1 Å². The second kappa shape index (κ2) is 8.95. The smallest absolute Gasteiger partial charge is 1.00 e. The number of hydrogen-bond donors (Lipinski definition) is 3. The Hall–Kier alpha value is 0.486. The first-order chi connectivity index (χ1) is 8.98. The van der Waals surface area contributed by atoms with Crippen molar-refractivity contribution in [2.75, 3.05) is 0 Å². The molecule has 0 spiro atoms. The fourth-order valence-electron chi connectivity index (χ4n) is 2.56. The number of hydrogen-bond acceptors (Lipinski definition) is 4. The van der Waals surface area contributed by atoms with Crippen LogP contribution in [0.25, 0.3) is 0 Å². The van der Waals surface area contributed by atoms with Crippen LogP contribution in [-0.4, -0.2) is 39.9 Å². The Morgan fingerprint density at radius 2 is 1.57 bits per heavy atom. The van der Waals surface area contributed by atoms with Gasteiger partial charge in [0.05, 0.1) is 5.92 Å². The van der Waals surface area contributed by atoms with E-state index in [-0.39, 0.29) is 65.7 Å². The zero-order valence-electron chi connectivity index (χ0n) is 14.0. The van der Waals surface area contributed by atoms with Gasteiger partial charge in [-0.2, -0.15) is 8.42 Å². The Balaban J connectivity index is -0.00000180. The van der Waals surface area contributed by atoms with Gasteiger partial charge >= 0.3 is 63.3 Å². The van der Waals surface area contributed by atoms with Crippen molar-refractivity contribution in [3.8, 4) is 0 Å². The molecule has 0 amide bonds. The summed E-state index contributed by atoms with van der Waals surface area (Å²) in [5.74, 6) is -6.87. The first kappa shape index (κ1) is 23.7. The minimum atomic E-state index is -5.12. The average molecular weight is 350 g/mol. The molecule has 3 N–H and O–H groups in total. The maximum absolute atomic E-state index is 11.8. The Bertz CT molecular complexity index is 482. The molecular weight excluding hydrogens is 327 g/mol. The van der Waals surface area contributed by atoms with E-state index in [9.17, 15) is 32.8 Å². The van der Waals surface area contributed by atoms with Gasteiger partial charge in [0.2, 0.25) is 4.75 Å². The van der Waals surface area contributed by atoms with Crippen molar-refractivity contribution in [2.24, 2.45) is 17.8 Å². The molecule has 4 unspecified atom stereocenters. The molecule has 0 aliphatic heterocycles. The zero-order chi connectivity index (χ0) is 16.3. The van der Waals surface area contributed by atoms with Crippen LogP contribution in [0.2, 0.25) is 0 Å². The summed E-state index contributed by atoms with van der Waals surface area (Å²) in [6.45, 7) is 5.96. The fourth-order valence-corrected chi connectivity index (χ4v) is 4.11. The third kappa shape index (κ3) is 4.49. The van der Waals surface area contributed by atoms with Crippen molar-refractivity contribution in [1.82, 2.24) is 0 Å². The number of carboxylic acids is 2. The first-order valence-corrected chi connectivity index (χ1v) is 7.85. The molecule has 0 saturated carbocycles. The van der Waals surface area contributed by atoms with Gasteiger partial charge in [-0.1, -0.05) is 40.5 Å². The molecule has 0 aliphatic rings. The summed E-state index contributed by atoms with van der Waals surface area (Å²) in [5.41, 5.74) is 0. The molecule has 0 aromatic carbocycles. The number of rotatable bonds is 8. The second-order valence-corrected chi connectivity index (χ2v) is 6.71. The summed E-state index contributed by atoms with van der Waals surface area (Å²) < 4.78 is 30.3. The molecule has 0 rings (SSSR count). The minimum absolute atomic E-state index is 0. The SMILES string of the molecule is CCC(C)C(C(=O)O)C(C(=O)O)(C(C)CC)S(=O)(=O)O.[H-].[K+]. The van der Waals surface area contributed by atoms with Gasteiger partial charge in [0.15, 0.2) is 0 Å². The molecule has 0 aromatic heterocycles. The summed E-state index contributed by atoms with van der Waals surface area (Å²) in [4.78, 5) is 23.1. The summed E-state index contributed by atoms with van der Waals surface area (Å²) in [6, 6.07) is 0. The van der Waals surface area contributed by atoms with E-state index >= 15 is 0 Å². The molecule has 0 radical (unpaired) electrons. The maximum Gasteiger partial charge on any atom is 1.00 e. The van der Waals surface area contributed by atoms with Crippen molar-refractivity contribution in [3.05, 3.63) is 0 Å². The van der Waals surface area contributed by atoms with E-state index in [0.29, 0.717) is 0 Å². The van der Waals surface area contributed by atoms with Gasteiger partial charge in [-0.05, 0) is 11.8 Å². The largest absolute Gasteiger partial charge is 1.00 e. The van der Waals surface area contributed by atoms with Crippen LogP contribution in [0, 0.1) is 17.8 Å². The van der Waals surface area contributed by atoms with Crippen molar-refractivity contribution < 1.29 is 85.6 Å². The van der Waals surface area contributed by atoms with Crippen LogP contribution in [-0.2, 0) is 19.7 Å². The fraction of sp³-hybridized carbons (Fsp3) is 0.833. The van der Waals surface area contributed by atoms with Gasteiger partial charge in [0.25, 0.3) is 10.1 Å². The van der Waals surface area contributed by atoms with E-state index in [1.54, 1.807) is 13.8 Å². The summed E-state index contributed by atoms with van der Waals surface area (Å²) in [7, 11) is -5.12. The molecule has 21 heavy (non-hydrogen) atoms. The molecule has 9 heteroatoms. The quantitative estimate of drug-likeness (QED) is 0.363. The number of carbonyl (C=O) groups is 2. The Morgan fingerprint density at radius 1 is 1.14 bits per heavy atom.